The molecule has 6 N–H and O–H groups in total. The number of hydrogen-bond donors (Lipinski definition) is 6. The molecule has 0 saturated carbocycles. The maximum absolute atomic E-state index is 9.77. The van der Waals surface area contributed by atoms with Gasteiger partial charge >= 0.3 is 155 Å². The predicted octanol–water partition coefficient (Wildman–Crippen LogP) is -5.90. The first kappa shape index (κ1) is 38.2. The van der Waals surface area contributed by atoms with Gasteiger partial charge in [0.1, 0.15) is 0 Å². The van der Waals surface area contributed by atoms with Crippen LogP contribution >= 0.6 is 0 Å². The molecule has 0 bridgehead atoms. The second-order valence-electron chi connectivity index (χ2n) is 2.01. The fourth-order valence-corrected chi connectivity index (χ4v) is 0.270. The monoisotopic (exact) mass is 382 g/mol. The molecule has 2 unspecified atom stereocenters. The molecule has 0 aromatic carbocycles. The SMILES string of the molecule is O=C(O)C(O)C(O)C(=O)O.O=S(=O)(O)O.[AlH3].[KH].[KH].[NaH]. The number of carboxylic acids is 2. The van der Waals surface area contributed by atoms with E-state index in [-0.39, 0.29) is 150 Å². The van der Waals surface area contributed by atoms with E-state index in [1.165, 1.54) is 0 Å². The minimum atomic E-state index is -4.67. The molecular weight excluding hydrogens is 368 g/mol. The second-order valence-corrected chi connectivity index (χ2v) is 2.91. The molecule has 0 aliphatic rings. The summed E-state index contributed by atoms with van der Waals surface area (Å²) >= 11 is 0. The Morgan fingerprint density at radius 1 is 0.842 bits per heavy atom. The summed E-state index contributed by atoms with van der Waals surface area (Å²) in [6, 6.07) is 0. The molecule has 0 heterocycles. The molecule has 0 rings (SSSR count). The van der Waals surface area contributed by atoms with Gasteiger partial charge in [-0.15, -0.1) is 0 Å². The van der Waals surface area contributed by atoms with Gasteiger partial charge in [-0.05, 0) is 0 Å². The Kier molecular flexibility index (Phi) is 39.4. The van der Waals surface area contributed by atoms with Gasteiger partial charge in [0.2, 0.25) is 0 Å². The molecule has 15 heteroatoms. The molecule has 19 heavy (non-hydrogen) atoms. The number of hydrogen-bond acceptors (Lipinski definition) is 6. The van der Waals surface area contributed by atoms with Crippen molar-refractivity contribution in [1.29, 1.82) is 0 Å². The van der Waals surface area contributed by atoms with Gasteiger partial charge in [0.05, 0.1) is 0 Å². The van der Waals surface area contributed by atoms with Crippen molar-refractivity contribution < 1.29 is 47.5 Å². The van der Waals surface area contributed by atoms with E-state index in [9.17, 15) is 9.59 Å². The Balaban J connectivity index is -0.0000000418. The van der Waals surface area contributed by atoms with Crippen molar-refractivity contribution in [2.24, 2.45) is 0 Å². The van der Waals surface area contributed by atoms with Crippen molar-refractivity contribution in [3.8, 4) is 0 Å². The Bertz CT molecular complexity index is 310. The van der Waals surface area contributed by atoms with Crippen molar-refractivity contribution >= 4 is 172 Å². The third kappa shape index (κ3) is 34.1. The van der Waals surface area contributed by atoms with Gasteiger partial charge in [-0.1, -0.05) is 0 Å². The zero-order chi connectivity index (χ0) is 12.8. The van der Waals surface area contributed by atoms with Crippen LogP contribution < -0.4 is 0 Å². The van der Waals surface area contributed by atoms with Crippen LogP contribution in [0.5, 0.6) is 0 Å². The quantitative estimate of drug-likeness (QED) is 0.202. The van der Waals surface area contributed by atoms with Gasteiger partial charge in [0, 0.05) is 0 Å². The number of carboxylic acid groups (broad SMARTS) is 2. The van der Waals surface area contributed by atoms with Gasteiger partial charge in [-0.25, -0.2) is 9.59 Å². The Labute approximate surface area is 226 Å². The van der Waals surface area contributed by atoms with Gasteiger partial charge in [0.25, 0.3) is 0 Å². The summed E-state index contributed by atoms with van der Waals surface area (Å²) in [6.45, 7) is 0. The first-order valence-electron chi connectivity index (χ1n) is 2.98. The molecule has 0 saturated heterocycles. The molecule has 0 radical (unpaired) electrons. The average molecular weight is 382 g/mol. The van der Waals surface area contributed by atoms with E-state index in [0.29, 0.717) is 0 Å². The van der Waals surface area contributed by atoms with E-state index >= 15 is 0 Å². The fourth-order valence-electron chi connectivity index (χ4n) is 0.270. The van der Waals surface area contributed by atoms with Crippen LogP contribution in [-0.4, -0.2) is 212 Å². The van der Waals surface area contributed by atoms with Crippen molar-refractivity contribution in [3.63, 3.8) is 0 Å². The van der Waals surface area contributed by atoms with Crippen LogP contribution in [0.4, 0.5) is 0 Å². The molecular formula is C4H14AlK2NaO10S. The van der Waals surface area contributed by atoms with Crippen LogP contribution in [-0.2, 0) is 20.0 Å². The number of aliphatic hydroxyl groups excluding tert-OH is 2. The van der Waals surface area contributed by atoms with Gasteiger partial charge in [0.15, 0.2) is 29.6 Å². The van der Waals surface area contributed by atoms with Crippen molar-refractivity contribution in [2.75, 3.05) is 0 Å². The van der Waals surface area contributed by atoms with Crippen molar-refractivity contribution in [3.05, 3.63) is 0 Å². The van der Waals surface area contributed by atoms with Crippen molar-refractivity contribution in [2.45, 2.75) is 12.2 Å². The molecule has 102 valence electrons. The molecule has 2 atom stereocenters. The van der Waals surface area contributed by atoms with Crippen LogP contribution in [0.15, 0.2) is 0 Å². The van der Waals surface area contributed by atoms with E-state index in [2.05, 4.69) is 0 Å². The summed E-state index contributed by atoms with van der Waals surface area (Å²) in [5.41, 5.74) is 0. The number of aliphatic carboxylic acids is 2. The number of carbonyl (C=O) groups is 2. The third-order valence-corrected chi connectivity index (χ3v) is 0.805. The van der Waals surface area contributed by atoms with Gasteiger partial charge in [-0.3, -0.25) is 9.11 Å². The zero-order valence-corrected chi connectivity index (χ0v) is 7.70. The van der Waals surface area contributed by atoms with E-state index in [0.717, 1.165) is 0 Å². The summed E-state index contributed by atoms with van der Waals surface area (Å²) in [6.07, 6.45) is -4.53. The molecule has 0 amide bonds. The summed E-state index contributed by atoms with van der Waals surface area (Å²) in [4.78, 5) is 19.5. The summed E-state index contributed by atoms with van der Waals surface area (Å²) in [5.74, 6) is -3.54. The number of aliphatic hydroxyl groups is 2. The summed E-state index contributed by atoms with van der Waals surface area (Å²) in [5, 5.41) is 32.5. The molecule has 0 aromatic heterocycles. The standard InChI is InChI=1S/C4H6O6.Al.2K.Na.H2O4S.6H/c5-1(3(7)8)2(6)4(9)10;;;;;1-5(2,3)4;;;;;;/h1-2,5-6H,(H,7,8)(H,9,10);;;;;(H2,1,2,3,4);;;;;;. The normalized spacial score (nSPS) is 11.4. The van der Waals surface area contributed by atoms with Crippen LogP contribution in [0.2, 0.25) is 0 Å². The Morgan fingerprint density at radius 2 is 0.947 bits per heavy atom. The molecule has 0 aromatic rings. The van der Waals surface area contributed by atoms with Crippen LogP contribution in [0.25, 0.3) is 0 Å². The molecule has 0 aliphatic heterocycles. The average Bonchev–Trinajstić information content (AvgIpc) is 1.98. The molecule has 0 spiro atoms. The predicted molar refractivity (Wildman–Crippen MR) is 72.8 cm³/mol. The Hall–Kier alpha value is 3.54. The Morgan fingerprint density at radius 3 is 1.00 bits per heavy atom. The summed E-state index contributed by atoms with van der Waals surface area (Å²) < 4.78 is 31.6. The van der Waals surface area contributed by atoms with Crippen LogP contribution in [0, 0.1) is 0 Å². The van der Waals surface area contributed by atoms with Crippen LogP contribution in [0.3, 0.4) is 0 Å². The van der Waals surface area contributed by atoms with E-state index in [1.54, 1.807) is 0 Å². The summed E-state index contributed by atoms with van der Waals surface area (Å²) in [7, 11) is -4.67. The van der Waals surface area contributed by atoms with Gasteiger partial charge < -0.3 is 20.4 Å². The molecule has 0 aliphatic carbocycles. The fraction of sp³-hybridized carbons (Fsp3) is 0.500. The molecule has 10 nitrogen and oxygen atoms in total. The van der Waals surface area contributed by atoms with Crippen molar-refractivity contribution in [1.82, 2.24) is 0 Å². The van der Waals surface area contributed by atoms with E-state index in [4.69, 9.17) is 37.9 Å². The number of rotatable bonds is 3. The second kappa shape index (κ2) is 19.6. The topological polar surface area (TPSA) is 190 Å². The van der Waals surface area contributed by atoms with E-state index < -0.39 is 34.5 Å². The molecule has 0 fully saturated rings. The van der Waals surface area contributed by atoms with Gasteiger partial charge in [-0.2, -0.15) is 8.42 Å². The minimum absolute atomic E-state index is 0. The zero-order valence-electron chi connectivity index (χ0n) is 6.88. The maximum atomic E-state index is 9.77. The van der Waals surface area contributed by atoms with E-state index in [1.807, 2.05) is 0 Å². The first-order chi connectivity index (χ1) is 6.46. The third-order valence-electron chi connectivity index (χ3n) is 0.805. The first-order valence-corrected chi connectivity index (χ1v) is 4.38. The van der Waals surface area contributed by atoms with Crippen LogP contribution in [0.1, 0.15) is 0 Å².